The molecule has 0 saturated heterocycles. The van der Waals surface area contributed by atoms with Crippen LogP contribution in [0, 0.1) is 0 Å². The summed E-state index contributed by atoms with van der Waals surface area (Å²) in [4.78, 5) is 0.190. The maximum Gasteiger partial charge on any atom is 0.190 e. The van der Waals surface area contributed by atoms with Gasteiger partial charge < -0.3 is 18.8 Å². The summed E-state index contributed by atoms with van der Waals surface area (Å²) in [5.41, 5.74) is 0. The van der Waals surface area contributed by atoms with Gasteiger partial charge in [-0.15, -0.1) is 0 Å². The lowest BCUT2D eigenvalue weighted by atomic mass is 10.3. The van der Waals surface area contributed by atoms with Gasteiger partial charge in [0.15, 0.2) is 11.1 Å². The minimum atomic E-state index is -2.10. The molecule has 90 valence electrons. The minimum absolute atomic E-state index is 0.190. The summed E-state index contributed by atoms with van der Waals surface area (Å²) < 4.78 is 35.2. The molecule has 0 aliphatic carbocycles. The molecule has 0 heterocycles. The van der Waals surface area contributed by atoms with Gasteiger partial charge in [0.05, 0.1) is 13.7 Å². The molecule has 0 fully saturated rings. The number of benzene rings is 1. The van der Waals surface area contributed by atoms with E-state index in [0.717, 1.165) is 0 Å². The first kappa shape index (κ1) is 13.0. The molecule has 16 heavy (non-hydrogen) atoms. The van der Waals surface area contributed by atoms with E-state index in [1.54, 1.807) is 19.2 Å². The van der Waals surface area contributed by atoms with Crippen LogP contribution >= 0.6 is 0 Å². The first-order valence-corrected chi connectivity index (χ1v) is 5.70. The first-order valence-electron chi connectivity index (χ1n) is 4.59. The summed E-state index contributed by atoms with van der Waals surface area (Å²) in [7, 11) is 3.05. The molecule has 1 rings (SSSR count). The maximum atomic E-state index is 11.1. The van der Waals surface area contributed by atoms with Crippen molar-refractivity contribution in [2.75, 3.05) is 27.4 Å². The van der Waals surface area contributed by atoms with Gasteiger partial charge in [-0.3, -0.25) is 0 Å². The Hall–Kier alpha value is -1.11. The average molecular weight is 246 g/mol. The highest BCUT2D eigenvalue weighted by Gasteiger charge is 2.10. The molecule has 1 aromatic carbocycles. The van der Waals surface area contributed by atoms with Crippen molar-refractivity contribution in [3.05, 3.63) is 18.2 Å². The Morgan fingerprint density at radius 3 is 2.62 bits per heavy atom. The van der Waals surface area contributed by atoms with Crippen molar-refractivity contribution < 1.29 is 23.0 Å². The Labute approximate surface area is 96.6 Å². The largest absolute Gasteiger partial charge is 0.497 e. The second-order valence-corrected chi connectivity index (χ2v) is 3.84. The first-order chi connectivity index (χ1) is 7.69. The molecular weight excluding hydrogens is 232 g/mol. The van der Waals surface area contributed by atoms with Gasteiger partial charge in [0.25, 0.3) is 0 Å². The van der Waals surface area contributed by atoms with Crippen molar-refractivity contribution in [2.45, 2.75) is 4.90 Å². The summed E-state index contributed by atoms with van der Waals surface area (Å²) in [5, 5.41) is 0. The zero-order valence-corrected chi connectivity index (χ0v) is 9.95. The van der Waals surface area contributed by atoms with Crippen LogP contribution in [0.1, 0.15) is 0 Å². The Morgan fingerprint density at radius 1 is 1.31 bits per heavy atom. The van der Waals surface area contributed by atoms with Crippen molar-refractivity contribution in [1.82, 2.24) is 0 Å². The van der Waals surface area contributed by atoms with Crippen LogP contribution in [-0.4, -0.2) is 36.2 Å². The van der Waals surface area contributed by atoms with Gasteiger partial charge in [-0.05, 0) is 12.1 Å². The van der Waals surface area contributed by atoms with Crippen LogP contribution in [0.3, 0.4) is 0 Å². The van der Waals surface area contributed by atoms with E-state index in [1.807, 2.05) is 0 Å². The van der Waals surface area contributed by atoms with Crippen LogP contribution in [-0.2, 0) is 15.8 Å². The zero-order chi connectivity index (χ0) is 12.0. The van der Waals surface area contributed by atoms with Gasteiger partial charge in [-0.1, -0.05) is 0 Å². The normalized spacial score (nSPS) is 12.2. The van der Waals surface area contributed by atoms with Crippen molar-refractivity contribution in [1.29, 1.82) is 0 Å². The van der Waals surface area contributed by atoms with Gasteiger partial charge in [0, 0.05) is 13.2 Å². The van der Waals surface area contributed by atoms with Crippen molar-refractivity contribution in [2.24, 2.45) is 0 Å². The molecule has 1 unspecified atom stereocenters. The fraction of sp³-hybridized carbons (Fsp3) is 0.400. The lowest BCUT2D eigenvalue weighted by Gasteiger charge is -2.10. The molecule has 1 atom stereocenters. The smallest absolute Gasteiger partial charge is 0.190 e. The highest BCUT2D eigenvalue weighted by atomic mass is 32.2. The lowest BCUT2D eigenvalue weighted by Crippen LogP contribution is -2.06. The van der Waals surface area contributed by atoms with Crippen LogP contribution in [0.4, 0.5) is 0 Å². The fourth-order valence-corrected chi connectivity index (χ4v) is 1.62. The molecule has 0 aliphatic heterocycles. The highest BCUT2D eigenvalue weighted by molar-refractivity contribution is 7.79. The van der Waals surface area contributed by atoms with Crippen LogP contribution in [0.15, 0.2) is 23.1 Å². The molecule has 0 bridgehead atoms. The van der Waals surface area contributed by atoms with Gasteiger partial charge in [0.1, 0.15) is 23.0 Å². The van der Waals surface area contributed by atoms with E-state index in [-0.39, 0.29) is 4.90 Å². The van der Waals surface area contributed by atoms with Crippen molar-refractivity contribution >= 4 is 11.1 Å². The van der Waals surface area contributed by atoms with Crippen LogP contribution in [0.2, 0.25) is 0 Å². The molecule has 0 aromatic heterocycles. The number of ether oxygens (including phenoxy) is 3. The van der Waals surface area contributed by atoms with Gasteiger partial charge >= 0.3 is 0 Å². The van der Waals surface area contributed by atoms with Crippen molar-refractivity contribution in [3.63, 3.8) is 0 Å². The maximum absolute atomic E-state index is 11.1. The molecule has 1 N–H and O–H groups in total. The number of hydrogen-bond acceptors (Lipinski definition) is 4. The number of hydrogen-bond donors (Lipinski definition) is 1. The van der Waals surface area contributed by atoms with E-state index in [2.05, 4.69) is 0 Å². The van der Waals surface area contributed by atoms with Crippen LogP contribution < -0.4 is 9.47 Å². The zero-order valence-electron chi connectivity index (χ0n) is 9.13. The second kappa shape index (κ2) is 6.47. The standard InChI is InChI=1S/C10H14O5S/c1-13-5-6-15-9-4-3-8(14-2)7-10(9)16(11)12/h3-4,7H,5-6H2,1-2H3,(H,11,12). The van der Waals surface area contributed by atoms with E-state index < -0.39 is 11.1 Å². The number of methoxy groups -OCH3 is 2. The molecule has 0 spiro atoms. The van der Waals surface area contributed by atoms with E-state index in [4.69, 9.17) is 18.8 Å². The quantitative estimate of drug-likeness (QED) is 0.605. The summed E-state index contributed by atoms with van der Waals surface area (Å²) in [5.74, 6) is 0.871. The van der Waals surface area contributed by atoms with E-state index in [9.17, 15) is 4.21 Å². The predicted octanol–water partition coefficient (Wildman–Crippen LogP) is 1.30. The molecule has 0 radical (unpaired) electrons. The molecular formula is C10H14O5S. The third-order valence-corrected chi connectivity index (χ3v) is 2.58. The third kappa shape index (κ3) is 3.48. The SMILES string of the molecule is COCCOc1ccc(OC)cc1S(=O)O. The third-order valence-electron chi connectivity index (χ3n) is 1.88. The summed E-state index contributed by atoms with van der Waals surface area (Å²) in [6, 6.07) is 4.73. The molecule has 0 amide bonds. The van der Waals surface area contributed by atoms with Gasteiger partial charge in [0.2, 0.25) is 0 Å². The molecule has 5 nitrogen and oxygen atoms in total. The van der Waals surface area contributed by atoms with E-state index in [0.29, 0.717) is 24.7 Å². The molecule has 1 aromatic rings. The van der Waals surface area contributed by atoms with Crippen LogP contribution in [0.25, 0.3) is 0 Å². The second-order valence-electron chi connectivity index (χ2n) is 2.90. The van der Waals surface area contributed by atoms with Crippen LogP contribution in [0.5, 0.6) is 11.5 Å². The van der Waals surface area contributed by atoms with E-state index in [1.165, 1.54) is 13.2 Å². The van der Waals surface area contributed by atoms with Gasteiger partial charge in [-0.2, -0.15) is 0 Å². The Kier molecular flexibility index (Phi) is 5.24. The van der Waals surface area contributed by atoms with E-state index >= 15 is 0 Å². The molecule has 0 aliphatic rings. The monoisotopic (exact) mass is 246 g/mol. The van der Waals surface area contributed by atoms with Gasteiger partial charge in [-0.25, -0.2) is 4.21 Å². The van der Waals surface area contributed by atoms with Crippen molar-refractivity contribution in [3.8, 4) is 11.5 Å². The Bertz CT molecular complexity index is 366. The summed E-state index contributed by atoms with van der Waals surface area (Å²) in [6.45, 7) is 0.747. The predicted molar refractivity (Wildman–Crippen MR) is 59.4 cm³/mol. The fourth-order valence-electron chi connectivity index (χ4n) is 1.11. The average Bonchev–Trinajstić information content (AvgIpc) is 2.29. The lowest BCUT2D eigenvalue weighted by molar-refractivity contribution is 0.144. The number of rotatable bonds is 6. The topological polar surface area (TPSA) is 65.0 Å². The summed E-state index contributed by atoms with van der Waals surface area (Å²) in [6.07, 6.45) is 0. The molecule has 0 saturated carbocycles. The molecule has 6 heteroatoms. The highest BCUT2D eigenvalue weighted by Crippen LogP contribution is 2.26. The summed E-state index contributed by atoms with van der Waals surface area (Å²) >= 11 is -2.10. The Morgan fingerprint density at radius 2 is 2.06 bits per heavy atom. The Balaban J connectivity index is 2.85. The minimum Gasteiger partial charge on any atom is -0.497 e.